The van der Waals surface area contributed by atoms with Crippen LogP contribution in [0.3, 0.4) is 0 Å². The SMILES string of the molecule is O=c1cc(C(F)(F)F)n(C(F)F)c(=O)n1-c1ccc(Cl)cc1. The van der Waals surface area contributed by atoms with Gasteiger partial charge in [0, 0.05) is 11.1 Å². The predicted molar refractivity (Wildman–Crippen MR) is 67.6 cm³/mol. The summed E-state index contributed by atoms with van der Waals surface area (Å²) in [6.45, 7) is -3.76. The van der Waals surface area contributed by atoms with E-state index in [1.807, 2.05) is 0 Å². The van der Waals surface area contributed by atoms with E-state index >= 15 is 0 Å². The van der Waals surface area contributed by atoms with Crippen LogP contribution >= 0.6 is 11.6 Å². The summed E-state index contributed by atoms with van der Waals surface area (Å²) in [6.07, 6.45) is -5.27. The van der Waals surface area contributed by atoms with E-state index in [1.54, 1.807) is 0 Å². The number of hydrogen-bond donors (Lipinski definition) is 0. The summed E-state index contributed by atoms with van der Waals surface area (Å²) in [5.41, 5.74) is -5.36. The van der Waals surface area contributed by atoms with Gasteiger partial charge in [-0.15, -0.1) is 0 Å². The third-order valence-electron chi connectivity index (χ3n) is 2.71. The van der Waals surface area contributed by atoms with Crippen LogP contribution in [0, 0.1) is 0 Å². The molecule has 0 N–H and O–H groups in total. The lowest BCUT2D eigenvalue weighted by molar-refractivity contribution is -0.149. The minimum Gasteiger partial charge on any atom is -0.269 e. The molecule has 10 heteroatoms. The minimum atomic E-state index is -5.27. The normalized spacial score (nSPS) is 12.0. The lowest BCUT2D eigenvalue weighted by atomic mass is 10.3. The van der Waals surface area contributed by atoms with Gasteiger partial charge < -0.3 is 0 Å². The van der Waals surface area contributed by atoms with Crippen molar-refractivity contribution in [2.45, 2.75) is 12.7 Å². The van der Waals surface area contributed by atoms with Gasteiger partial charge in [0.25, 0.3) is 5.56 Å². The van der Waals surface area contributed by atoms with E-state index in [0.717, 1.165) is 12.1 Å². The molecule has 0 saturated heterocycles. The van der Waals surface area contributed by atoms with Gasteiger partial charge in [-0.05, 0) is 24.3 Å². The zero-order valence-corrected chi connectivity index (χ0v) is 11.2. The summed E-state index contributed by atoms with van der Waals surface area (Å²) < 4.78 is 63.2. The molecule has 0 atom stereocenters. The first kappa shape index (κ1) is 16.2. The molecule has 0 aliphatic rings. The Bertz CT molecular complexity index is 808. The molecule has 118 valence electrons. The van der Waals surface area contributed by atoms with E-state index in [4.69, 9.17) is 11.6 Å². The van der Waals surface area contributed by atoms with Crippen molar-refractivity contribution >= 4 is 11.6 Å². The Morgan fingerprint density at radius 1 is 1.05 bits per heavy atom. The quantitative estimate of drug-likeness (QED) is 0.789. The number of halogens is 6. The number of rotatable bonds is 2. The number of nitrogens with zero attached hydrogens (tertiary/aromatic N) is 2. The van der Waals surface area contributed by atoms with Crippen LogP contribution in [0.15, 0.2) is 39.9 Å². The molecule has 0 spiro atoms. The fraction of sp³-hybridized carbons (Fsp3) is 0.167. The van der Waals surface area contributed by atoms with Crippen molar-refractivity contribution in [3.63, 3.8) is 0 Å². The molecule has 1 heterocycles. The van der Waals surface area contributed by atoms with Gasteiger partial charge in [0.05, 0.1) is 5.69 Å². The van der Waals surface area contributed by atoms with Gasteiger partial charge in [-0.25, -0.2) is 13.9 Å². The van der Waals surface area contributed by atoms with Crippen LogP contribution in [-0.2, 0) is 6.18 Å². The fourth-order valence-electron chi connectivity index (χ4n) is 1.79. The van der Waals surface area contributed by atoms with E-state index in [1.165, 1.54) is 12.1 Å². The Morgan fingerprint density at radius 2 is 1.59 bits per heavy atom. The molecule has 2 rings (SSSR count). The molecule has 0 radical (unpaired) electrons. The van der Waals surface area contributed by atoms with Crippen LogP contribution in [0.1, 0.15) is 12.2 Å². The molecule has 0 aliphatic heterocycles. The molecule has 0 saturated carbocycles. The Kier molecular flexibility index (Phi) is 4.10. The fourth-order valence-corrected chi connectivity index (χ4v) is 1.92. The summed E-state index contributed by atoms with van der Waals surface area (Å²) in [7, 11) is 0. The first-order valence-corrected chi connectivity index (χ1v) is 6.00. The van der Waals surface area contributed by atoms with Crippen LogP contribution < -0.4 is 11.2 Å². The van der Waals surface area contributed by atoms with Crippen LogP contribution in [0.5, 0.6) is 0 Å². The monoisotopic (exact) mass is 340 g/mol. The van der Waals surface area contributed by atoms with Gasteiger partial charge in [0.2, 0.25) is 0 Å². The summed E-state index contributed by atoms with van der Waals surface area (Å²) >= 11 is 5.61. The van der Waals surface area contributed by atoms with Crippen LogP contribution in [-0.4, -0.2) is 9.13 Å². The molecule has 4 nitrogen and oxygen atoms in total. The van der Waals surface area contributed by atoms with Crippen molar-refractivity contribution in [3.05, 3.63) is 61.9 Å². The Labute approximate surface area is 124 Å². The lowest BCUT2D eigenvalue weighted by Gasteiger charge is -2.16. The highest BCUT2D eigenvalue weighted by Gasteiger charge is 2.38. The number of benzene rings is 1. The second-order valence-corrected chi connectivity index (χ2v) is 4.54. The first-order chi connectivity index (χ1) is 10.1. The molecule has 2 aromatic rings. The predicted octanol–water partition coefficient (Wildman–Crippen LogP) is 3.07. The molecule has 0 bridgehead atoms. The van der Waals surface area contributed by atoms with E-state index in [-0.39, 0.29) is 21.3 Å². The van der Waals surface area contributed by atoms with Crippen molar-refractivity contribution < 1.29 is 22.0 Å². The van der Waals surface area contributed by atoms with Gasteiger partial charge >= 0.3 is 18.4 Å². The second-order valence-electron chi connectivity index (χ2n) is 4.11. The highest BCUT2D eigenvalue weighted by molar-refractivity contribution is 6.30. The minimum absolute atomic E-state index is 0.0534. The zero-order valence-electron chi connectivity index (χ0n) is 10.4. The summed E-state index contributed by atoms with van der Waals surface area (Å²) in [5.74, 6) is 0. The van der Waals surface area contributed by atoms with Crippen molar-refractivity contribution in [3.8, 4) is 5.69 Å². The second kappa shape index (κ2) is 5.56. The van der Waals surface area contributed by atoms with Crippen molar-refractivity contribution in [1.29, 1.82) is 0 Å². The molecule has 0 aliphatic carbocycles. The highest BCUT2D eigenvalue weighted by atomic mass is 35.5. The van der Waals surface area contributed by atoms with Gasteiger partial charge in [0.1, 0.15) is 5.69 Å². The maximum absolute atomic E-state index is 12.8. The molecule has 1 aromatic heterocycles. The van der Waals surface area contributed by atoms with Gasteiger partial charge in [0.15, 0.2) is 0 Å². The molecule has 22 heavy (non-hydrogen) atoms. The Hall–Kier alpha value is -2.16. The molecule has 0 unspecified atom stereocenters. The third kappa shape index (κ3) is 2.89. The maximum Gasteiger partial charge on any atom is 0.431 e. The van der Waals surface area contributed by atoms with E-state index < -0.39 is 34.2 Å². The van der Waals surface area contributed by atoms with E-state index in [2.05, 4.69) is 0 Å². The van der Waals surface area contributed by atoms with Gasteiger partial charge in [-0.3, -0.25) is 4.79 Å². The van der Waals surface area contributed by atoms with E-state index in [0.29, 0.717) is 0 Å². The zero-order chi connectivity index (χ0) is 16.7. The van der Waals surface area contributed by atoms with Crippen LogP contribution in [0.25, 0.3) is 5.69 Å². The van der Waals surface area contributed by atoms with Crippen molar-refractivity contribution in [2.24, 2.45) is 0 Å². The summed E-state index contributed by atoms with van der Waals surface area (Å²) in [6, 6.07) is 4.75. The first-order valence-electron chi connectivity index (χ1n) is 5.63. The van der Waals surface area contributed by atoms with Crippen molar-refractivity contribution in [2.75, 3.05) is 0 Å². The number of hydrogen-bond acceptors (Lipinski definition) is 2. The van der Waals surface area contributed by atoms with Gasteiger partial charge in [-0.2, -0.15) is 22.0 Å². The highest BCUT2D eigenvalue weighted by Crippen LogP contribution is 2.29. The smallest absolute Gasteiger partial charge is 0.269 e. The van der Waals surface area contributed by atoms with Crippen LogP contribution in [0.2, 0.25) is 5.02 Å². The summed E-state index contributed by atoms with van der Waals surface area (Å²) in [5, 5.41) is 0.234. The number of alkyl halides is 5. The maximum atomic E-state index is 12.8. The van der Waals surface area contributed by atoms with Gasteiger partial charge in [-0.1, -0.05) is 11.6 Å². The van der Waals surface area contributed by atoms with Crippen LogP contribution in [0.4, 0.5) is 22.0 Å². The third-order valence-corrected chi connectivity index (χ3v) is 2.96. The average molecular weight is 341 g/mol. The average Bonchev–Trinajstić information content (AvgIpc) is 2.38. The largest absolute Gasteiger partial charge is 0.431 e. The number of aromatic nitrogens is 2. The molecule has 0 fully saturated rings. The van der Waals surface area contributed by atoms with E-state index in [9.17, 15) is 31.5 Å². The topological polar surface area (TPSA) is 44.0 Å². The Balaban J connectivity index is 2.84. The molecular formula is C12H6ClF5N2O2. The standard InChI is InChI=1S/C12H6ClF5N2O2/c13-6-1-3-7(4-2-6)19-9(21)5-8(12(16,17)18)20(10(14)15)11(19)22/h1-5,10H. The molecule has 0 amide bonds. The van der Waals surface area contributed by atoms with Crippen molar-refractivity contribution in [1.82, 2.24) is 9.13 Å². The molecule has 1 aromatic carbocycles. The lowest BCUT2D eigenvalue weighted by Crippen LogP contribution is -2.42. The Morgan fingerprint density at radius 3 is 2.05 bits per heavy atom. The summed E-state index contributed by atoms with van der Waals surface area (Å²) in [4.78, 5) is 23.6. The molecular weight excluding hydrogens is 335 g/mol.